The summed E-state index contributed by atoms with van der Waals surface area (Å²) in [5.74, 6) is 0.858. The second kappa shape index (κ2) is 11.9. The third-order valence-corrected chi connectivity index (χ3v) is 5.64. The van der Waals surface area contributed by atoms with Gasteiger partial charge in [0, 0.05) is 18.6 Å². The van der Waals surface area contributed by atoms with Crippen LogP contribution < -0.4 is 5.32 Å². The molecule has 0 aromatic rings. The van der Waals surface area contributed by atoms with E-state index in [1.165, 1.54) is 0 Å². The molecule has 0 aromatic heterocycles. The van der Waals surface area contributed by atoms with Gasteiger partial charge in [0.15, 0.2) is 0 Å². The molecule has 1 amide bonds. The van der Waals surface area contributed by atoms with E-state index in [1.54, 1.807) is 0 Å². The van der Waals surface area contributed by atoms with Crippen LogP contribution >= 0.6 is 0 Å². The Morgan fingerprint density at radius 2 is 1.52 bits per heavy atom. The smallest absolute Gasteiger partial charge is 0.306 e. The zero-order chi connectivity index (χ0) is 22.9. The van der Waals surface area contributed by atoms with Crippen LogP contribution in [0.3, 0.4) is 0 Å². The summed E-state index contributed by atoms with van der Waals surface area (Å²) in [4.78, 5) is 24.1. The summed E-state index contributed by atoms with van der Waals surface area (Å²) in [6.07, 6.45) is 3.94. The van der Waals surface area contributed by atoms with E-state index in [9.17, 15) is 9.59 Å². The van der Waals surface area contributed by atoms with Gasteiger partial charge in [0.25, 0.3) is 0 Å². The molecular weight excluding hydrogens is 366 g/mol. The van der Waals surface area contributed by atoms with E-state index in [4.69, 9.17) is 9.47 Å². The fourth-order valence-electron chi connectivity index (χ4n) is 2.86. The van der Waals surface area contributed by atoms with Crippen molar-refractivity contribution >= 4 is 11.9 Å². The summed E-state index contributed by atoms with van der Waals surface area (Å²) in [5, 5.41) is 3.06. The van der Waals surface area contributed by atoms with Gasteiger partial charge in [0.2, 0.25) is 5.91 Å². The summed E-state index contributed by atoms with van der Waals surface area (Å²) in [6.45, 7) is 21.4. The Balaban J connectivity index is 4.44. The standard InChI is InChI=1S/C24H47NO4/c1-11-24(10,28-17-14-19(4)18(2)3)16-15-23(8,9)25-20(26)12-13-21(27)29-22(5,6)7/h18-19H,11-17H2,1-10H3,(H,25,26). The Morgan fingerprint density at radius 1 is 0.931 bits per heavy atom. The van der Waals surface area contributed by atoms with Crippen LogP contribution in [0.1, 0.15) is 108 Å². The molecule has 0 bridgehead atoms. The maximum absolute atomic E-state index is 12.3. The van der Waals surface area contributed by atoms with Gasteiger partial charge < -0.3 is 14.8 Å². The van der Waals surface area contributed by atoms with Crippen molar-refractivity contribution in [3.63, 3.8) is 0 Å². The molecule has 29 heavy (non-hydrogen) atoms. The number of rotatable bonds is 13. The van der Waals surface area contributed by atoms with Gasteiger partial charge in [-0.05, 0) is 79.1 Å². The number of hydrogen-bond acceptors (Lipinski definition) is 4. The predicted octanol–water partition coefficient (Wildman–Crippen LogP) is 5.65. The highest BCUT2D eigenvalue weighted by molar-refractivity contribution is 5.81. The highest BCUT2D eigenvalue weighted by Crippen LogP contribution is 2.27. The summed E-state index contributed by atoms with van der Waals surface area (Å²) in [7, 11) is 0. The first kappa shape index (κ1) is 27.9. The number of esters is 1. The van der Waals surface area contributed by atoms with Crippen LogP contribution in [0.4, 0.5) is 0 Å². The van der Waals surface area contributed by atoms with E-state index in [0.29, 0.717) is 11.8 Å². The Morgan fingerprint density at radius 3 is 2.00 bits per heavy atom. The second-order valence-corrected chi connectivity index (χ2v) is 10.7. The van der Waals surface area contributed by atoms with Crippen LogP contribution in [-0.2, 0) is 19.1 Å². The molecule has 5 heteroatoms. The molecule has 172 valence electrons. The van der Waals surface area contributed by atoms with Crippen molar-refractivity contribution in [3.05, 3.63) is 0 Å². The number of nitrogens with one attached hydrogen (secondary N) is 1. The Hall–Kier alpha value is -1.10. The Kier molecular flexibility index (Phi) is 11.5. The SMILES string of the molecule is CCC(C)(CCC(C)(C)NC(=O)CCC(=O)OC(C)(C)C)OCCC(C)C(C)C. The highest BCUT2D eigenvalue weighted by Gasteiger charge is 2.29. The molecule has 0 fully saturated rings. The van der Waals surface area contributed by atoms with E-state index in [0.717, 1.165) is 32.3 Å². The third-order valence-electron chi connectivity index (χ3n) is 5.64. The van der Waals surface area contributed by atoms with E-state index >= 15 is 0 Å². The van der Waals surface area contributed by atoms with Gasteiger partial charge in [-0.25, -0.2) is 0 Å². The van der Waals surface area contributed by atoms with Gasteiger partial charge in [0.1, 0.15) is 5.60 Å². The van der Waals surface area contributed by atoms with Crippen LogP contribution in [0, 0.1) is 11.8 Å². The summed E-state index contributed by atoms with van der Waals surface area (Å²) < 4.78 is 11.5. The molecule has 0 saturated heterocycles. The average molecular weight is 414 g/mol. The molecule has 2 atom stereocenters. The van der Waals surface area contributed by atoms with E-state index in [-0.39, 0.29) is 35.9 Å². The van der Waals surface area contributed by atoms with E-state index < -0.39 is 5.60 Å². The Bertz CT molecular complexity index is 508. The number of carbonyl (C=O) groups is 2. The van der Waals surface area contributed by atoms with E-state index in [2.05, 4.69) is 39.9 Å². The van der Waals surface area contributed by atoms with Gasteiger partial charge in [0.05, 0.1) is 12.0 Å². The summed E-state index contributed by atoms with van der Waals surface area (Å²) in [6, 6.07) is 0. The first-order valence-electron chi connectivity index (χ1n) is 11.3. The lowest BCUT2D eigenvalue weighted by Crippen LogP contribution is -2.45. The molecule has 0 aliphatic carbocycles. The normalized spacial score (nSPS) is 15.7. The van der Waals surface area contributed by atoms with Crippen LogP contribution in [0.2, 0.25) is 0 Å². The maximum atomic E-state index is 12.3. The molecule has 0 spiro atoms. The fraction of sp³-hybridized carbons (Fsp3) is 0.917. The zero-order valence-electron chi connectivity index (χ0n) is 20.7. The second-order valence-electron chi connectivity index (χ2n) is 10.7. The first-order chi connectivity index (χ1) is 13.1. The predicted molar refractivity (Wildman–Crippen MR) is 120 cm³/mol. The number of ether oxygens (including phenoxy) is 2. The number of carbonyl (C=O) groups excluding carboxylic acids is 2. The molecular formula is C24H47NO4. The molecule has 2 unspecified atom stereocenters. The quantitative estimate of drug-likeness (QED) is 0.396. The van der Waals surface area contributed by atoms with Crippen molar-refractivity contribution < 1.29 is 19.1 Å². The molecule has 0 saturated carbocycles. The lowest BCUT2D eigenvalue weighted by molar-refractivity contribution is -0.155. The van der Waals surface area contributed by atoms with E-state index in [1.807, 2.05) is 34.6 Å². The Labute approximate surface area is 179 Å². The highest BCUT2D eigenvalue weighted by atomic mass is 16.6. The van der Waals surface area contributed by atoms with Crippen molar-refractivity contribution in [1.29, 1.82) is 0 Å². The lowest BCUT2D eigenvalue weighted by atomic mass is 9.88. The number of amides is 1. The van der Waals surface area contributed by atoms with Crippen molar-refractivity contribution in [2.24, 2.45) is 11.8 Å². The van der Waals surface area contributed by atoms with Crippen molar-refractivity contribution in [3.8, 4) is 0 Å². The van der Waals surface area contributed by atoms with Gasteiger partial charge in [-0.3, -0.25) is 9.59 Å². The van der Waals surface area contributed by atoms with Crippen LogP contribution in [0.5, 0.6) is 0 Å². The largest absolute Gasteiger partial charge is 0.460 e. The molecule has 0 aromatic carbocycles. The van der Waals surface area contributed by atoms with Gasteiger partial charge in [-0.2, -0.15) is 0 Å². The molecule has 1 N–H and O–H groups in total. The van der Waals surface area contributed by atoms with Gasteiger partial charge in [-0.1, -0.05) is 27.7 Å². The topological polar surface area (TPSA) is 64.6 Å². The number of hydrogen-bond donors (Lipinski definition) is 1. The molecule has 0 aliphatic heterocycles. The zero-order valence-corrected chi connectivity index (χ0v) is 20.7. The minimum absolute atomic E-state index is 0.100. The van der Waals surface area contributed by atoms with Crippen molar-refractivity contribution in [1.82, 2.24) is 5.32 Å². The monoisotopic (exact) mass is 413 g/mol. The van der Waals surface area contributed by atoms with Crippen LogP contribution in [0.15, 0.2) is 0 Å². The lowest BCUT2D eigenvalue weighted by Gasteiger charge is -2.34. The summed E-state index contributed by atoms with van der Waals surface area (Å²) >= 11 is 0. The van der Waals surface area contributed by atoms with Crippen molar-refractivity contribution in [2.45, 2.75) is 125 Å². The minimum atomic E-state index is -0.523. The van der Waals surface area contributed by atoms with Gasteiger partial charge in [-0.15, -0.1) is 0 Å². The molecule has 0 heterocycles. The fourth-order valence-corrected chi connectivity index (χ4v) is 2.86. The molecule has 5 nitrogen and oxygen atoms in total. The molecule has 0 radical (unpaired) electrons. The molecule has 0 aliphatic rings. The van der Waals surface area contributed by atoms with Crippen LogP contribution in [0.25, 0.3) is 0 Å². The maximum Gasteiger partial charge on any atom is 0.306 e. The van der Waals surface area contributed by atoms with Gasteiger partial charge >= 0.3 is 5.97 Å². The first-order valence-corrected chi connectivity index (χ1v) is 11.3. The van der Waals surface area contributed by atoms with Crippen molar-refractivity contribution in [2.75, 3.05) is 6.61 Å². The molecule has 0 rings (SSSR count). The summed E-state index contributed by atoms with van der Waals surface area (Å²) in [5.41, 5.74) is -1.06. The minimum Gasteiger partial charge on any atom is -0.460 e. The third kappa shape index (κ3) is 13.7. The van der Waals surface area contributed by atoms with Crippen LogP contribution in [-0.4, -0.2) is 35.2 Å². The average Bonchev–Trinajstić information content (AvgIpc) is 2.56.